The third-order valence-electron chi connectivity index (χ3n) is 3.04. The Bertz CT molecular complexity index is 524. The Morgan fingerprint density at radius 1 is 1.21 bits per heavy atom. The molecule has 2 rings (SSSR count). The predicted octanol–water partition coefficient (Wildman–Crippen LogP) is 5.21. The molecule has 1 nitrogen and oxygen atoms in total. The van der Waals surface area contributed by atoms with Gasteiger partial charge in [-0.25, -0.2) is 0 Å². The van der Waals surface area contributed by atoms with E-state index in [4.69, 9.17) is 0 Å². The molecule has 1 heterocycles. The van der Waals surface area contributed by atoms with Crippen LogP contribution in [0.2, 0.25) is 0 Å². The SMILES string of the molecule is CCNCC(Cc1ccc(Br)s1)c1cccc(Br)c1. The van der Waals surface area contributed by atoms with Crippen LogP contribution in [0.3, 0.4) is 0 Å². The molecular weight excluding hydrogens is 386 g/mol. The monoisotopic (exact) mass is 401 g/mol. The summed E-state index contributed by atoms with van der Waals surface area (Å²) in [7, 11) is 0. The number of benzene rings is 1. The zero-order chi connectivity index (χ0) is 13.7. The van der Waals surface area contributed by atoms with Crippen molar-refractivity contribution in [1.82, 2.24) is 5.32 Å². The molecule has 0 bridgehead atoms. The molecule has 0 saturated heterocycles. The molecule has 19 heavy (non-hydrogen) atoms. The second-order valence-corrected chi connectivity index (χ2v) is 7.93. The predicted molar refractivity (Wildman–Crippen MR) is 91.1 cm³/mol. The van der Waals surface area contributed by atoms with Crippen LogP contribution in [0.15, 0.2) is 44.7 Å². The molecule has 1 atom stereocenters. The molecule has 1 unspecified atom stereocenters. The van der Waals surface area contributed by atoms with Crippen LogP contribution in [0.25, 0.3) is 0 Å². The number of halogens is 2. The van der Waals surface area contributed by atoms with Crippen molar-refractivity contribution < 1.29 is 0 Å². The van der Waals surface area contributed by atoms with Gasteiger partial charge in [0, 0.05) is 21.8 Å². The maximum atomic E-state index is 3.56. The minimum absolute atomic E-state index is 0.517. The maximum absolute atomic E-state index is 3.56. The maximum Gasteiger partial charge on any atom is 0.0701 e. The Morgan fingerprint density at radius 2 is 2.05 bits per heavy atom. The molecule has 4 heteroatoms. The summed E-state index contributed by atoms with van der Waals surface area (Å²) in [6.07, 6.45) is 1.08. The molecule has 2 aromatic rings. The van der Waals surface area contributed by atoms with Crippen LogP contribution < -0.4 is 5.32 Å². The Hall–Kier alpha value is -0.160. The normalized spacial score (nSPS) is 12.6. The summed E-state index contributed by atoms with van der Waals surface area (Å²) in [6.45, 7) is 4.18. The standard InChI is InChI=1S/C15H17Br2NS/c1-2-18-10-12(9-14-6-7-15(17)19-14)11-4-3-5-13(16)8-11/h3-8,12,18H,2,9-10H2,1H3. The average Bonchev–Trinajstić information content (AvgIpc) is 2.80. The topological polar surface area (TPSA) is 12.0 Å². The zero-order valence-electron chi connectivity index (χ0n) is 10.8. The van der Waals surface area contributed by atoms with E-state index >= 15 is 0 Å². The first-order valence-electron chi connectivity index (χ1n) is 6.39. The van der Waals surface area contributed by atoms with Gasteiger partial charge in [-0.2, -0.15) is 0 Å². The first kappa shape index (κ1) is 15.2. The fourth-order valence-electron chi connectivity index (χ4n) is 2.09. The first-order valence-corrected chi connectivity index (χ1v) is 8.79. The number of nitrogens with one attached hydrogen (secondary N) is 1. The third kappa shape index (κ3) is 4.71. The molecule has 0 aliphatic heterocycles. The summed E-state index contributed by atoms with van der Waals surface area (Å²) < 4.78 is 2.36. The van der Waals surface area contributed by atoms with Gasteiger partial charge in [0.15, 0.2) is 0 Å². The van der Waals surface area contributed by atoms with Gasteiger partial charge >= 0.3 is 0 Å². The lowest BCUT2D eigenvalue weighted by atomic mass is 9.95. The van der Waals surface area contributed by atoms with Gasteiger partial charge in [-0.15, -0.1) is 11.3 Å². The minimum atomic E-state index is 0.517. The highest BCUT2D eigenvalue weighted by Gasteiger charge is 2.13. The summed E-state index contributed by atoms with van der Waals surface area (Å²) in [5.74, 6) is 0.517. The van der Waals surface area contributed by atoms with Gasteiger partial charge in [-0.1, -0.05) is 35.0 Å². The van der Waals surface area contributed by atoms with Crippen molar-refractivity contribution >= 4 is 43.2 Å². The highest BCUT2D eigenvalue weighted by molar-refractivity contribution is 9.11. The van der Waals surface area contributed by atoms with Gasteiger partial charge in [0.05, 0.1) is 3.79 Å². The first-order chi connectivity index (χ1) is 9.19. The van der Waals surface area contributed by atoms with Crippen molar-refractivity contribution in [2.24, 2.45) is 0 Å². The van der Waals surface area contributed by atoms with Crippen LogP contribution in [-0.4, -0.2) is 13.1 Å². The summed E-state index contributed by atoms with van der Waals surface area (Å²) in [5, 5.41) is 3.47. The zero-order valence-corrected chi connectivity index (χ0v) is 14.8. The van der Waals surface area contributed by atoms with Crippen LogP contribution in [0, 0.1) is 0 Å². The number of rotatable bonds is 6. The smallest absolute Gasteiger partial charge is 0.0701 e. The minimum Gasteiger partial charge on any atom is -0.316 e. The van der Waals surface area contributed by atoms with Crippen molar-refractivity contribution in [1.29, 1.82) is 0 Å². The highest BCUT2D eigenvalue weighted by atomic mass is 79.9. The van der Waals surface area contributed by atoms with Crippen LogP contribution in [0.5, 0.6) is 0 Å². The van der Waals surface area contributed by atoms with Crippen molar-refractivity contribution in [2.45, 2.75) is 19.3 Å². The van der Waals surface area contributed by atoms with E-state index in [9.17, 15) is 0 Å². The summed E-state index contributed by atoms with van der Waals surface area (Å²) in [4.78, 5) is 1.43. The molecule has 0 saturated carbocycles. The van der Waals surface area contributed by atoms with E-state index in [-0.39, 0.29) is 0 Å². The summed E-state index contributed by atoms with van der Waals surface area (Å²) in [5.41, 5.74) is 1.39. The Balaban J connectivity index is 2.15. The van der Waals surface area contributed by atoms with Crippen LogP contribution in [0.1, 0.15) is 23.3 Å². The lowest BCUT2D eigenvalue weighted by Crippen LogP contribution is -2.22. The Labute approximate surface area is 135 Å². The van der Waals surface area contributed by atoms with Gasteiger partial charge in [0.25, 0.3) is 0 Å². The Kier molecular flexibility index (Phi) is 6.07. The van der Waals surface area contributed by atoms with E-state index in [2.05, 4.69) is 80.5 Å². The molecule has 0 radical (unpaired) electrons. The van der Waals surface area contributed by atoms with E-state index in [1.54, 1.807) is 0 Å². The fourth-order valence-corrected chi connectivity index (χ4v) is 4.07. The molecule has 0 fully saturated rings. The fraction of sp³-hybridized carbons (Fsp3) is 0.333. The van der Waals surface area contributed by atoms with Gasteiger partial charge in [-0.3, -0.25) is 0 Å². The van der Waals surface area contributed by atoms with Gasteiger partial charge < -0.3 is 5.32 Å². The molecule has 1 aromatic carbocycles. The molecule has 0 spiro atoms. The van der Waals surface area contributed by atoms with Gasteiger partial charge in [0.1, 0.15) is 0 Å². The number of hydrogen-bond donors (Lipinski definition) is 1. The van der Waals surface area contributed by atoms with E-state index in [1.165, 1.54) is 14.2 Å². The van der Waals surface area contributed by atoms with Gasteiger partial charge in [-0.05, 0) is 58.7 Å². The van der Waals surface area contributed by atoms with Crippen LogP contribution in [0.4, 0.5) is 0 Å². The second-order valence-electron chi connectivity index (χ2n) is 4.47. The quantitative estimate of drug-likeness (QED) is 0.699. The molecule has 102 valence electrons. The van der Waals surface area contributed by atoms with Crippen molar-refractivity contribution in [3.8, 4) is 0 Å². The number of thiophene rings is 1. The molecule has 1 aromatic heterocycles. The third-order valence-corrected chi connectivity index (χ3v) is 5.18. The average molecular weight is 403 g/mol. The van der Waals surface area contributed by atoms with Crippen molar-refractivity contribution in [2.75, 3.05) is 13.1 Å². The molecule has 0 aliphatic carbocycles. The molecular formula is C15H17Br2NS. The summed E-state index contributed by atoms with van der Waals surface area (Å²) in [6, 6.07) is 13.0. The molecule has 0 amide bonds. The van der Waals surface area contributed by atoms with Crippen molar-refractivity contribution in [3.05, 3.63) is 55.1 Å². The van der Waals surface area contributed by atoms with E-state index < -0.39 is 0 Å². The number of hydrogen-bond acceptors (Lipinski definition) is 2. The highest BCUT2D eigenvalue weighted by Crippen LogP contribution is 2.28. The van der Waals surface area contributed by atoms with E-state index in [0.717, 1.165) is 24.0 Å². The van der Waals surface area contributed by atoms with E-state index in [0.29, 0.717) is 5.92 Å². The van der Waals surface area contributed by atoms with Crippen LogP contribution >= 0.6 is 43.2 Å². The second kappa shape index (κ2) is 7.58. The van der Waals surface area contributed by atoms with Crippen LogP contribution in [-0.2, 0) is 6.42 Å². The largest absolute Gasteiger partial charge is 0.316 e. The Morgan fingerprint density at radius 3 is 2.68 bits per heavy atom. The lowest BCUT2D eigenvalue weighted by Gasteiger charge is -2.17. The molecule has 0 aliphatic rings. The van der Waals surface area contributed by atoms with Gasteiger partial charge in [0.2, 0.25) is 0 Å². The molecule has 1 N–H and O–H groups in total. The number of likely N-dealkylation sites (N-methyl/N-ethyl adjacent to an activating group) is 1. The summed E-state index contributed by atoms with van der Waals surface area (Å²) >= 11 is 8.93. The van der Waals surface area contributed by atoms with E-state index in [1.807, 2.05) is 11.3 Å². The van der Waals surface area contributed by atoms with Crippen molar-refractivity contribution in [3.63, 3.8) is 0 Å². The lowest BCUT2D eigenvalue weighted by molar-refractivity contribution is 0.598.